The first-order chi connectivity index (χ1) is 14.4. The number of nitrogens with one attached hydrogen (secondary N) is 1. The second-order valence-electron chi connectivity index (χ2n) is 7.02. The summed E-state index contributed by atoms with van der Waals surface area (Å²) in [7, 11) is 0. The lowest BCUT2D eigenvalue weighted by Gasteiger charge is -2.29. The van der Waals surface area contributed by atoms with Crippen LogP contribution < -0.4 is 5.32 Å². The van der Waals surface area contributed by atoms with Crippen LogP contribution in [0.15, 0.2) is 53.4 Å². The molecule has 0 saturated heterocycles. The molecule has 0 aliphatic heterocycles. The topological polar surface area (TPSA) is 49.4 Å². The molecule has 0 radical (unpaired) electrons. The summed E-state index contributed by atoms with van der Waals surface area (Å²) < 4.78 is 13.2. The maximum Gasteiger partial charge on any atom is 0.242 e. The molecule has 2 rings (SSSR count). The summed E-state index contributed by atoms with van der Waals surface area (Å²) in [6, 6.07) is 13.0. The van der Waals surface area contributed by atoms with Gasteiger partial charge in [0.15, 0.2) is 0 Å². The van der Waals surface area contributed by atoms with Gasteiger partial charge >= 0.3 is 0 Å². The van der Waals surface area contributed by atoms with Crippen LogP contribution in [0.3, 0.4) is 0 Å². The van der Waals surface area contributed by atoms with Gasteiger partial charge in [-0.2, -0.15) is 0 Å². The summed E-state index contributed by atoms with van der Waals surface area (Å²) in [6.45, 7) is 4.54. The van der Waals surface area contributed by atoms with Crippen molar-refractivity contribution in [3.8, 4) is 0 Å². The summed E-state index contributed by atoms with van der Waals surface area (Å²) >= 11 is 7.56. The molecule has 7 heteroatoms. The van der Waals surface area contributed by atoms with Crippen LogP contribution in [0, 0.1) is 5.82 Å². The van der Waals surface area contributed by atoms with E-state index in [1.807, 2.05) is 31.2 Å². The van der Waals surface area contributed by atoms with Crippen molar-refractivity contribution in [1.29, 1.82) is 0 Å². The van der Waals surface area contributed by atoms with Crippen LogP contribution >= 0.6 is 23.4 Å². The zero-order valence-corrected chi connectivity index (χ0v) is 18.9. The molecular weight excluding hydrogens is 423 g/mol. The van der Waals surface area contributed by atoms with Crippen molar-refractivity contribution in [3.05, 3.63) is 64.9 Å². The zero-order chi connectivity index (χ0) is 21.9. The van der Waals surface area contributed by atoms with Crippen molar-refractivity contribution in [2.24, 2.45) is 0 Å². The smallest absolute Gasteiger partial charge is 0.242 e. The minimum absolute atomic E-state index is 0.0878. The Morgan fingerprint density at radius 2 is 1.80 bits per heavy atom. The van der Waals surface area contributed by atoms with Crippen LogP contribution in [-0.4, -0.2) is 35.1 Å². The first-order valence-corrected chi connectivity index (χ1v) is 11.5. The molecule has 4 nitrogen and oxygen atoms in total. The normalized spacial score (nSPS) is 11.7. The van der Waals surface area contributed by atoms with E-state index in [0.29, 0.717) is 24.4 Å². The average molecular weight is 451 g/mol. The largest absolute Gasteiger partial charge is 0.354 e. The minimum Gasteiger partial charge on any atom is -0.354 e. The summed E-state index contributed by atoms with van der Waals surface area (Å²) in [5.41, 5.74) is 0.787. The van der Waals surface area contributed by atoms with Gasteiger partial charge in [-0.25, -0.2) is 4.39 Å². The van der Waals surface area contributed by atoms with Gasteiger partial charge in [-0.3, -0.25) is 9.59 Å². The highest BCUT2D eigenvalue weighted by Crippen LogP contribution is 2.22. The van der Waals surface area contributed by atoms with Crippen LogP contribution in [0.2, 0.25) is 5.02 Å². The van der Waals surface area contributed by atoms with E-state index in [0.717, 1.165) is 22.6 Å². The van der Waals surface area contributed by atoms with Crippen molar-refractivity contribution in [1.82, 2.24) is 10.2 Å². The lowest BCUT2D eigenvalue weighted by Crippen LogP contribution is -2.47. The van der Waals surface area contributed by atoms with Gasteiger partial charge in [0.05, 0.1) is 0 Å². The van der Waals surface area contributed by atoms with E-state index in [4.69, 9.17) is 11.6 Å². The molecule has 30 heavy (non-hydrogen) atoms. The molecule has 0 fully saturated rings. The average Bonchev–Trinajstić information content (AvgIpc) is 2.75. The Balaban J connectivity index is 1.96. The van der Waals surface area contributed by atoms with Crippen molar-refractivity contribution >= 4 is 35.2 Å². The molecule has 0 saturated carbocycles. The van der Waals surface area contributed by atoms with Gasteiger partial charge in [-0.15, -0.1) is 11.8 Å². The maximum absolute atomic E-state index is 13.2. The van der Waals surface area contributed by atoms with Crippen LogP contribution in [0.25, 0.3) is 0 Å². The van der Waals surface area contributed by atoms with E-state index in [-0.39, 0.29) is 24.2 Å². The monoisotopic (exact) mass is 450 g/mol. The molecule has 0 heterocycles. The SMILES string of the molecule is CCCNC(=O)[C@@H](C)N(Cc1ccc(F)cc1)C(=O)CCCSc1ccc(Cl)cc1. The predicted octanol–water partition coefficient (Wildman–Crippen LogP) is 5.29. The predicted molar refractivity (Wildman–Crippen MR) is 121 cm³/mol. The number of carbonyl (C=O) groups is 2. The number of thioether (sulfide) groups is 1. The van der Waals surface area contributed by atoms with Crippen molar-refractivity contribution in [3.63, 3.8) is 0 Å². The Hall–Kier alpha value is -2.05. The van der Waals surface area contributed by atoms with E-state index in [2.05, 4.69) is 5.32 Å². The van der Waals surface area contributed by atoms with Crippen LogP contribution in [0.5, 0.6) is 0 Å². The fraction of sp³-hybridized carbons (Fsp3) is 0.391. The van der Waals surface area contributed by atoms with E-state index >= 15 is 0 Å². The van der Waals surface area contributed by atoms with Crippen LogP contribution in [-0.2, 0) is 16.1 Å². The highest BCUT2D eigenvalue weighted by atomic mass is 35.5. The molecule has 0 aliphatic carbocycles. The Morgan fingerprint density at radius 3 is 2.43 bits per heavy atom. The number of amides is 2. The number of carbonyl (C=O) groups excluding carboxylic acids is 2. The highest BCUT2D eigenvalue weighted by Gasteiger charge is 2.25. The number of halogens is 2. The fourth-order valence-electron chi connectivity index (χ4n) is 2.85. The molecule has 1 N–H and O–H groups in total. The molecular formula is C23H28ClFN2O2S. The molecule has 2 amide bonds. The van der Waals surface area contributed by atoms with E-state index in [1.54, 1.807) is 35.7 Å². The van der Waals surface area contributed by atoms with E-state index in [1.165, 1.54) is 12.1 Å². The van der Waals surface area contributed by atoms with Crippen LogP contribution in [0.4, 0.5) is 4.39 Å². The molecule has 0 spiro atoms. The first-order valence-electron chi connectivity index (χ1n) is 10.1. The number of rotatable bonds is 11. The third kappa shape index (κ3) is 8.00. The van der Waals surface area contributed by atoms with E-state index in [9.17, 15) is 14.0 Å². The summed E-state index contributed by atoms with van der Waals surface area (Å²) in [4.78, 5) is 28.1. The number of nitrogens with zero attached hydrogens (tertiary/aromatic N) is 1. The molecule has 2 aromatic rings. The zero-order valence-electron chi connectivity index (χ0n) is 17.4. The number of benzene rings is 2. The maximum atomic E-state index is 13.2. The number of hydrogen-bond donors (Lipinski definition) is 1. The third-order valence-corrected chi connectivity index (χ3v) is 5.95. The van der Waals surface area contributed by atoms with Gasteiger partial charge < -0.3 is 10.2 Å². The molecule has 2 aromatic carbocycles. The third-order valence-electron chi connectivity index (χ3n) is 4.60. The standard InChI is InChI=1S/C23H28ClFN2O2S/c1-3-14-26-23(29)17(2)27(16-18-6-10-20(25)11-7-18)22(28)5-4-15-30-21-12-8-19(24)9-13-21/h6-13,17H,3-5,14-16H2,1-2H3,(H,26,29)/t17-/m1/s1. The highest BCUT2D eigenvalue weighted by molar-refractivity contribution is 7.99. The quantitative estimate of drug-likeness (QED) is 0.373. The second-order valence-corrected chi connectivity index (χ2v) is 8.63. The Labute approximate surface area is 187 Å². The van der Waals surface area contributed by atoms with Gasteiger partial charge in [-0.1, -0.05) is 30.7 Å². The van der Waals surface area contributed by atoms with Gasteiger partial charge in [0.25, 0.3) is 0 Å². The Kier molecular flexibility index (Phi) is 10.2. The van der Waals surface area contributed by atoms with Gasteiger partial charge in [-0.05, 0) is 67.5 Å². The van der Waals surface area contributed by atoms with Crippen molar-refractivity contribution < 1.29 is 14.0 Å². The van der Waals surface area contributed by atoms with Gasteiger partial charge in [0, 0.05) is 29.4 Å². The van der Waals surface area contributed by atoms with Gasteiger partial charge in [0.2, 0.25) is 11.8 Å². The Morgan fingerprint density at radius 1 is 1.13 bits per heavy atom. The molecule has 0 bridgehead atoms. The van der Waals surface area contributed by atoms with Gasteiger partial charge in [0.1, 0.15) is 11.9 Å². The summed E-state index contributed by atoms with van der Waals surface area (Å²) in [5.74, 6) is 0.191. The lowest BCUT2D eigenvalue weighted by atomic mass is 10.1. The summed E-state index contributed by atoms with van der Waals surface area (Å²) in [6.07, 6.45) is 1.86. The number of hydrogen-bond acceptors (Lipinski definition) is 3. The summed E-state index contributed by atoms with van der Waals surface area (Å²) in [5, 5.41) is 3.54. The van der Waals surface area contributed by atoms with E-state index < -0.39 is 6.04 Å². The molecule has 0 aliphatic rings. The van der Waals surface area contributed by atoms with Crippen molar-refractivity contribution in [2.45, 2.75) is 50.6 Å². The molecule has 1 atom stereocenters. The fourth-order valence-corrected chi connectivity index (χ4v) is 3.83. The molecule has 0 unspecified atom stereocenters. The van der Waals surface area contributed by atoms with Crippen molar-refractivity contribution in [2.75, 3.05) is 12.3 Å². The first kappa shape index (κ1) is 24.2. The van der Waals surface area contributed by atoms with Crippen LogP contribution in [0.1, 0.15) is 38.7 Å². The Bertz CT molecular complexity index is 815. The molecule has 0 aromatic heterocycles. The molecule has 162 valence electrons. The second kappa shape index (κ2) is 12.6. The lowest BCUT2D eigenvalue weighted by molar-refractivity contribution is -0.140. The minimum atomic E-state index is -0.599.